The molecule has 144 valence electrons. The van der Waals surface area contributed by atoms with Crippen LogP contribution in [0.5, 0.6) is 5.75 Å². The van der Waals surface area contributed by atoms with Gasteiger partial charge in [-0.2, -0.15) is 5.10 Å². The molecule has 0 aliphatic carbocycles. The number of nitrogens with one attached hydrogen (secondary N) is 1. The van der Waals surface area contributed by atoms with Gasteiger partial charge in [0.25, 0.3) is 5.91 Å². The van der Waals surface area contributed by atoms with E-state index in [-0.39, 0.29) is 5.91 Å². The predicted octanol–water partition coefficient (Wildman–Crippen LogP) is 4.38. The Balaban J connectivity index is 1.41. The normalized spacial score (nSPS) is 10.5. The van der Waals surface area contributed by atoms with E-state index in [9.17, 15) is 4.79 Å². The van der Waals surface area contributed by atoms with Crippen molar-refractivity contribution in [2.45, 2.75) is 13.2 Å². The van der Waals surface area contributed by atoms with Gasteiger partial charge in [-0.05, 0) is 41.5 Å². The Morgan fingerprint density at radius 1 is 0.931 bits per heavy atom. The van der Waals surface area contributed by atoms with Crippen LogP contribution in [-0.4, -0.2) is 15.7 Å². The third-order valence-corrected chi connectivity index (χ3v) is 4.53. The maximum Gasteiger partial charge on any atom is 0.251 e. The Kier molecular flexibility index (Phi) is 5.67. The van der Waals surface area contributed by atoms with E-state index < -0.39 is 0 Å². The third kappa shape index (κ3) is 4.71. The summed E-state index contributed by atoms with van der Waals surface area (Å²) >= 11 is 0. The second-order valence-electron chi connectivity index (χ2n) is 6.56. The van der Waals surface area contributed by atoms with Gasteiger partial charge in [0.2, 0.25) is 0 Å². The maximum atomic E-state index is 12.7. The van der Waals surface area contributed by atoms with Gasteiger partial charge in [-0.3, -0.25) is 4.79 Å². The summed E-state index contributed by atoms with van der Waals surface area (Å²) in [6.45, 7) is 0.868. The summed E-state index contributed by atoms with van der Waals surface area (Å²) in [5, 5.41) is 7.26. The molecule has 1 aromatic heterocycles. The van der Waals surface area contributed by atoms with Gasteiger partial charge in [-0.1, -0.05) is 54.6 Å². The molecule has 5 nitrogen and oxygen atoms in total. The van der Waals surface area contributed by atoms with Gasteiger partial charge in [0, 0.05) is 24.5 Å². The first-order valence-electron chi connectivity index (χ1n) is 9.42. The van der Waals surface area contributed by atoms with Crippen molar-refractivity contribution >= 4 is 5.91 Å². The van der Waals surface area contributed by atoms with Gasteiger partial charge >= 0.3 is 0 Å². The lowest BCUT2D eigenvalue weighted by Gasteiger charge is -2.11. The Hall–Kier alpha value is -3.86. The fourth-order valence-corrected chi connectivity index (χ4v) is 3.04. The van der Waals surface area contributed by atoms with Crippen molar-refractivity contribution in [3.05, 3.63) is 114 Å². The quantitative estimate of drug-likeness (QED) is 0.515. The molecule has 0 aliphatic heterocycles. The summed E-state index contributed by atoms with van der Waals surface area (Å²) < 4.78 is 7.61. The standard InChI is InChI=1S/C24H21N3O2/c28-24(25-17-21-10-4-5-13-23(21)27-15-7-14-26-27)20-11-6-12-22(16-20)29-18-19-8-2-1-3-9-19/h1-16H,17-18H2,(H,25,28). The molecule has 3 aromatic carbocycles. The van der Waals surface area contributed by atoms with Crippen LogP contribution in [-0.2, 0) is 13.2 Å². The van der Waals surface area contributed by atoms with Crippen molar-refractivity contribution in [2.75, 3.05) is 0 Å². The topological polar surface area (TPSA) is 56.2 Å². The van der Waals surface area contributed by atoms with Crippen LogP contribution in [0.25, 0.3) is 5.69 Å². The molecule has 4 rings (SSSR count). The molecular formula is C24H21N3O2. The lowest BCUT2D eigenvalue weighted by atomic mass is 10.1. The molecule has 0 bridgehead atoms. The van der Waals surface area contributed by atoms with Crippen LogP contribution in [0.3, 0.4) is 0 Å². The number of para-hydroxylation sites is 1. The summed E-state index contributed by atoms with van der Waals surface area (Å²) in [5.74, 6) is 0.517. The second kappa shape index (κ2) is 8.89. The van der Waals surface area contributed by atoms with Crippen molar-refractivity contribution in [1.82, 2.24) is 15.1 Å². The fraction of sp³-hybridized carbons (Fsp3) is 0.0833. The zero-order valence-electron chi connectivity index (χ0n) is 15.9. The summed E-state index contributed by atoms with van der Waals surface area (Å²) in [7, 11) is 0. The number of benzene rings is 3. The monoisotopic (exact) mass is 383 g/mol. The summed E-state index contributed by atoms with van der Waals surface area (Å²) in [4.78, 5) is 12.7. The van der Waals surface area contributed by atoms with Crippen molar-refractivity contribution in [3.63, 3.8) is 0 Å². The molecule has 0 saturated heterocycles. The molecule has 0 unspecified atom stereocenters. The van der Waals surface area contributed by atoms with Gasteiger partial charge in [0.1, 0.15) is 12.4 Å². The number of carbonyl (C=O) groups is 1. The number of hydrogen-bond acceptors (Lipinski definition) is 3. The first-order valence-corrected chi connectivity index (χ1v) is 9.42. The number of amides is 1. The van der Waals surface area contributed by atoms with Gasteiger partial charge < -0.3 is 10.1 Å². The zero-order chi connectivity index (χ0) is 19.9. The molecule has 1 N–H and O–H groups in total. The van der Waals surface area contributed by atoms with E-state index in [1.165, 1.54) is 0 Å². The van der Waals surface area contributed by atoms with Gasteiger partial charge in [0.05, 0.1) is 5.69 Å². The SMILES string of the molecule is O=C(NCc1ccccc1-n1cccn1)c1cccc(OCc2ccccc2)c1. The molecular weight excluding hydrogens is 362 g/mol. The molecule has 4 aromatic rings. The minimum absolute atomic E-state index is 0.148. The van der Waals surface area contributed by atoms with E-state index in [4.69, 9.17) is 4.74 Å². The highest BCUT2D eigenvalue weighted by atomic mass is 16.5. The van der Waals surface area contributed by atoms with E-state index in [2.05, 4.69) is 10.4 Å². The van der Waals surface area contributed by atoms with E-state index in [1.807, 2.05) is 79.0 Å². The van der Waals surface area contributed by atoms with Crippen LogP contribution in [0, 0.1) is 0 Å². The molecule has 0 aliphatic rings. The number of nitrogens with zero attached hydrogens (tertiary/aromatic N) is 2. The number of aromatic nitrogens is 2. The van der Waals surface area contributed by atoms with Crippen LogP contribution in [0.1, 0.15) is 21.5 Å². The van der Waals surface area contributed by atoms with Crippen LogP contribution >= 0.6 is 0 Å². The summed E-state index contributed by atoms with van der Waals surface area (Å²) in [5.41, 5.74) is 3.57. The van der Waals surface area contributed by atoms with Crippen molar-refractivity contribution in [2.24, 2.45) is 0 Å². The van der Waals surface area contributed by atoms with E-state index >= 15 is 0 Å². The molecule has 5 heteroatoms. The molecule has 0 spiro atoms. The minimum Gasteiger partial charge on any atom is -0.489 e. The molecule has 1 amide bonds. The second-order valence-corrected chi connectivity index (χ2v) is 6.56. The number of carbonyl (C=O) groups excluding carboxylic acids is 1. The highest BCUT2D eigenvalue weighted by Gasteiger charge is 2.09. The van der Waals surface area contributed by atoms with E-state index in [0.29, 0.717) is 24.5 Å². The third-order valence-electron chi connectivity index (χ3n) is 4.53. The maximum absolute atomic E-state index is 12.7. The first kappa shape index (κ1) is 18.5. The van der Waals surface area contributed by atoms with Crippen molar-refractivity contribution in [3.8, 4) is 11.4 Å². The van der Waals surface area contributed by atoms with Gasteiger partial charge in [0.15, 0.2) is 0 Å². The summed E-state index contributed by atoms with van der Waals surface area (Å²) in [6.07, 6.45) is 3.62. The lowest BCUT2D eigenvalue weighted by molar-refractivity contribution is 0.0950. The van der Waals surface area contributed by atoms with Crippen LogP contribution in [0.2, 0.25) is 0 Å². The van der Waals surface area contributed by atoms with Gasteiger partial charge in [-0.25, -0.2) is 4.68 Å². The Labute approximate surface area is 169 Å². The van der Waals surface area contributed by atoms with Gasteiger partial charge in [-0.15, -0.1) is 0 Å². The number of ether oxygens (including phenoxy) is 1. The molecule has 0 saturated carbocycles. The predicted molar refractivity (Wildman–Crippen MR) is 112 cm³/mol. The first-order chi connectivity index (χ1) is 14.3. The number of hydrogen-bond donors (Lipinski definition) is 1. The largest absolute Gasteiger partial charge is 0.489 e. The molecule has 0 fully saturated rings. The van der Waals surface area contributed by atoms with E-state index in [1.54, 1.807) is 23.0 Å². The molecule has 29 heavy (non-hydrogen) atoms. The Morgan fingerprint density at radius 2 is 1.76 bits per heavy atom. The average molecular weight is 383 g/mol. The Bertz CT molecular complexity index is 1080. The van der Waals surface area contributed by atoms with Crippen LogP contribution < -0.4 is 10.1 Å². The smallest absolute Gasteiger partial charge is 0.251 e. The summed E-state index contributed by atoms with van der Waals surface area (Å²) in [6, 6.07) is 26.9. The van der Waals surface area contributed by atoms with Crippen LogP contribution in [0.4, 0.5) is 0 Å². The average Bonchev–Trinajstić information content (AvgIpc) is 3.32. The minimum atomic E-state index is -0.148. The van der Waals surface area contributed by atoms with Crippen LogP contribution in [0.15, 0.2) is 97.3 Å². The fourth-order valence-electron chi connectivity index (χ4n) is 3.04. The molecule has 0 atom stereocenters. The number of rotatable bonds is 7. The molecule has 1 heterocycles. The van der Waals surface area contributed by atoms with E-state index in [0.717, 1.165) is 16.8 Å². The zero-order valence-corrected chi connectivity index (χ0v) is 15.9. The molecule has 0 radical (unpaired) electrons. The highest BCUT2D eigenvalue weighted by molar-refractivity contribution is 5.94. The highest BCUT2D eigenvalue weighted by Crippen LogP contribution is 2.17. The Morgan fingerprint density at radius 3 is 2.59 bits per heavy atom. The lowest BCUT2D eigenvalue weighted by Crippen LogP contribution is -2.23. The van der Waals surface area contributed by atoms with Crippen molar-refractivity contribution < 1.29 is 9.53 Å². The van der Waals surface area contributed by atoms with Crippen molar-refractivity contribution in [1.29, 1.82) is 0 Å².